The Morgan fingerprint density at radius 3 is 2.58 bits per heavy atom. The maximum Gasteiger partial charge on any atom is 0.214 e. The SMILES string of the molecule is [C-]#[N+]c1ccc(COc2cccc(-c3ccc(Cc4nc5ccc(C)cc5n4CC4CCO4)c(F)c3)n2)c(F)c1. The normalized spacial score (nSPS) is 14.6. The molecule has 1 aliphatic heterocycles. The Hall–Kier alpha value is -4.61. The third-order valence-corrected chi connectivity index (χ3v) is 7.12. The van der Waals surface area contributed by atoms with Crippen LogP contribution in [0, 0.1) is 25.1 Å². The zero-order chi connectivity index (χ0) is 27.6. The van der Waals surface area contributed by atoms with E-state index in [-0.39, 0.29) is 30.1 Å². The highest BCUT2D eigenvalue weighted by atomic mass is 19.1. The number of halogens is 2. The van der Waals surface area contributed by atoms with Gasteiger partial charge in [0.15, 0.2) is 5.69 Å². The first kappa shape index (κ1) is 25.7. The van der Waals surface area contributed by atoms with Crippen molar-refractivity contribution in [2.45, 2.75) is 39.0 Å². The molecule has 1 unspecified atom stereocenters. The van der Waals surface area contributed by atoms with E-state index in [1.54, 1.807) is 30.3 Å². The van der Waals surface area contributed by atoms with Crippen LogP contribution in [0.25, 0.3) is 27.1 Å². The molecule has 0 spiro atoms. The summed E-state index contributed by atoms with van der Waals surface area (Å²) in [5.74, 6) is 0.235. The van der Waals surface area contributed by atoms with Crippen LogP contribution in [0.1, 0.15) is 28.9 Å². The molecule has 0 saturated carbocycles. The number of nitrogens with zero attached hydrogens (tertiary/aromatic N) is 4. The third kappa shape index (κ3) is 5.29. The van der Waals surface area contributed by atoms with E-state index < -0.39 is 5.82 Å². The Morgan fingerprint density at radius 2 is 1.82 bits per heavy atom. The fourth-order valence-corrected chi connectivity index (χ4v) is 4.80. The van der Waals surface area contributed by atoms with Gasteiger partial charge in [0.1, 0.15) is 24.1 Å². The van der Waals surface area contributed by atoms with E-state index >= 15 is 4.39 Å². The van der Waals surface area contributed by atoms with Crippen molar-refractivity contribution < 1.29 is 18.3 Å². The number of imidazole rings is 1. The largest absolute Gasteiger partial charge is 0.473 e. The number of ether oxygens (including phenoxy) is 2. The molecule has 8 heteroatoms. The van der Waals surface area contributed by atoms with Crippen molar-refractivity contribution in [3.05, 3.63) is 118 Å². The Kier molecular flexibility index (Phi) is 6.97. The predicted octanol–water partition coefficient (Wildman–Crippen LogP) is 7.19. The van der Waals surface area contributed by atoms with Crippen molar-refractivity contribution in [2.75, 3.05) is 6.61 Å². The molecule has 0 aliphatic carbocycles. The molecule has 1 saturated heterocycles. The number of pyridine rings is 1. The van der Waals surface area contributed by atoms with E-state index in [1.165, 1.54) is 18.2 Å². The molecule has 1 aliphatic rings. The van der Waals surface area contributed by atoms with Crippen LogP contribution >= 0.6 is 0 Å². The zero-order valence-corrected chi connectivity index (χ0v) is 21.9. The summed E-state index contributed by atoms with van der Waals surface area (Å²) in [5, 5.41) is 0. The summed E-state index contributed by atoms with van der Waals surface area (Å²) >= 11 is 0. The molecule has 6 rings (SSSR count). The smallest absolute Gasteiger partial charge is 0.214 e. The van der Waals surface area contributed by atoms with Crippen molar-refractivity contribution in [3.63, 3.8) is 0 Å². The van der Waals surface area contributed by atoms with Gasteiger partial charge in [-0.05, 0) is 54.8 Å². The second-order valence-electron chi connectivity index (χ2n) is 9.93. The van der Waals surface area contributed by atoms with E-state index in [2.05, 4.69) is 27.4 Å². The van der Waals surface area contributed by atoms with Gasteiger partial charge in [-0.1, -0.05) is 36.4 Å². The molecule has 0 bridgehead atoms. The Balaban J connectivity index is 1.21. The topological polar surface area (TPSA) is 53.5 Å². The maximum atomic E-state index is 15.4. The predicted molar refractivity (Wildman–Crippen MR) is 148 cm³/mol. The molecule has 3 aromatic carbocycles. The highest BCUT2D eigenvalue weighted by Crippen LogP contribution is 2.27. The van der Waals surface area contributed by atoms with E-state index in [1.807, 2.05) is 18.2 Å². The molecule has 1 fully saturated rings. The third-order valence-electron chi connectivity index (χ3n) is 7.12. The summed E-state index contributed by atoms with van der Waals surface area (Å²) < 4.78 is 43.1. The van der Waals surface area contributed by atoms with Gasteiger partial charge in [-0.2, -0.15) is 0 Å². The summed E-state index contributed by atoms with van der Waals surface area (Å²) in [6, 6.07) is 20.7. The second kappa shape index (κ2) is 10.9. The summed E-state index contributed by atoms with van der Waals surface area (Å²) in [7, 11) is 0. The number of aromatic nitrogens is 3. The number of rotatable bonds is 8. The van der Waals surface area contributed by atoms with Gasteiger partial charge in [-0.25, -0.2) is 23.6 Å². The van der Waals surface area contributed by atoms with Gasteiger partial charge >= 0.3 is 0 Å². The van der Waals surface area contributed by atoms with Gasteiger partial charge in [0.2, 0.25) is 5.88 Å². The zero-order valence-electron chi connectivity index (χ0n) is 21.9. The lowest BCUT2D eigenvalue weighted by Gasteiger charge is -2.27. The molecular formula is C32H26F2N4O2. The van der Waals surface area contributed by atoms with Crippen LogP contribution in [0.2, 0.25) is 0 Å². The Morgan fingerprint density at radius 1 is 1.00 bits per heavy atom. The molecular weight excluding hydrogens is 510 g/mol. The minimum Gasteiger partial charge on any atom is -0.473 e. The minimum absolute atomic E-state index is 0.0414. The van der Waals surface area contributed by atoms with Crippen molar-refractivity contribution in [3.8, 4) is 17.1 Å². The van der Waals surface area contributed by atoms with Crippen LogP contribution in [0.5, 0.6) is 5.88 Å². The molecule has 3 heterocycles. The highest BCUT2D eigenvalue weighted by molar-refractivity contribution is 5.77. The van der Waals surface area contributed by atoms with Crippen LogP contribution in [-0.4, -0.2) is 27.2 Å². The molecule has 5 aromatic rings. The number of aryl methyl sites for hydroxylation is 1. The van der Waals surface area contributed by atoms with Gasteiger partial charge in [-0.15, -0.1) is 0 Å². The first-order valence-corrected chi connectivity index (χ1v) is 13.1. The summed E-state index contributed by atoms with van der Waals surface area (Å²) in [5.41, 5.74) is 5.30. The molecule has 0 radical (unpaired) electrons. The summed E-state index contributed by atoms with van der Waals surface area (Å²) in [6.45, 7) is 10.5. The van der Waals surface area contributed by atoms with Crippen molar-refractivity contribution in [1.29, 1.82) is 0 Å². The monoisotopic (exact) mass is 536 g/mol. The lowest BCUT2D eigenvalue weighted by Crippen LogP contribution is -2.31. The van der Waals surface area contributed by atoms with Crippen LogP contribution in [0.3, 0.4) is 0 Å². The molecule has 200 valence electrons. The number of hydrogen-bond donors (Lipinski definition) is 0. The maximum absolute atomic E-state index is 15.4. The second-order valence-corrected chi connectivity index (χ2v) is 9.93. The number of hydrogen-bond acceptors (Lipinski definition) is 4. The molecule has 40 heavy (non-hydrogen) atoms. The first-order chi connectivity index (χ1) is 19.5. The number of benzene rings is 3. The van der Waals surface area contributed by atoms with Crippen molar-refractivity contribution in [2.24, 2.45) is 0 Å². The summed E-state index contributed by atoms with van der Waals surface area (Å²) in [4.78, 5) is 12.5. The minimum atomic E-state index is -0.508. The average Bonchev–Trinajstić information content (AvgIpc) is 3.27. The van der Waals surface area contributed by atoms with Gasteiger partial charge in [0, 0.05) is 30.2 Å². The highest BCUT2D eigenvalue weighted by Gasteiger charge is 2.22. The van der Waals surface area contributed by atoms with E-state index in [0.29, 0.717) is 35.3 Å². The van der Waals surface area contributed by atoms with E-state index in [4.69, 9.17) is 21.0 Å². The molecule has 2 aromatic heterocycles. The van der Waals surface area contributed by atoms with Crippen LogP contribution in [-0.2, 0) is 24.3 Å². The summed E-state index contributed by atoms with van der Waals surface area (Å²) in [6.07, 6.45) is 1.51. The van der Waals surface area contributed by atoms with Crippen molar-refractivity contribution in [1.82, 2.24) is 14.5 Å². The quantitative estimate of drug-likeness (QED) is 0.197. The standard InChI is InChI=1S/C32H26F2N4O2/c1-20-6-11-29-30(14-20)38(18-25-12-13-39-25)31(36-29)16-21-7-8-22(15-26(21)33)28-4-3-5-32(37-28)40-19-23-9-10-24(35-2)17-27(23)34/h3-11,14-15,17,25H,12-13,16,18-19H2,1H3. The fourth-order valence-electron chi connectivity index (χ4n) is 4.80. The van der Waals surface area contributed by atoms with Crippen molar-refractivity contribution >= 4 is 16.7 Å². The number of fused-ring (bicyclic) bond motifs is 1. The van der Waals surface area contributed by atoms with Gasteiger partial charge in [-0.3, -0.25) is 0 Å². The van der Waals surface area contributed by atoms with E-state index in [0.717, 1.165) is 35.4 Å². The van der Waals surface area contributed by atoms with Gasteiger partial charge in [0.05, 0.1) is 35.9 Å². The molecule has 1 atom stereocenters. The molecule has 0 N–H and O–H groups in total. The average molecular weight is 537 g/mol. The Bertz CT molecular complexity index is 1750. The first-order valence-electron chi connectivity index (χ1n) is 13.1. The lowest BCUT2D eigenvalue weighted by molar-refractivity contribution is -0.0589. The van der Waals surface area contributed by atoms with Gasteiger partial charge < -0.3 is 14.0 Å². The van der Waals surface area contributed by atoms with Gasteiger partial charge in [0.25, 0.3) is 0 Å². The fraction of sp³-hybridized carbons (Fsp3) is 0.219. The molecule has 6 nitrogen and oxygen atoms in total. The van der Waals surface area contributed by atoms with Crippen LogP contribution in [0.15, 0.2) is 72.8 Å². The Labute approximate surface area is 230 Å². The van der Waals surface area contributed by atoms with E-state index in [9.17, 15) is 4.39 Å². The lowest BCUT2D eigenvalue weighted by atomic mass is 10.1. The molecule has 0 amide bonds. The van der Waals surface area contributed by atoms with Crippen LogP contribution < -0.4 is 4.74 Å². The van der Waals surface area contributed by atoms with Crippen LogP contribution in [0.4, 0.5) is 14.5 Å².